The number of nitrogens with two attached hydrogens (primary N) is 1. The van der Waals surface area contributed by atoms with Crippen molar-refractivity contribution in [1.82, 2.24) is 0 Å². The van der Waals surface area contributed by atoms with Crippen molar-refractivity contribution in [2.45, 2.75) is 32.2 Å². The van der Waals surface area contributed by atoms with E-state index < -0.39 is 5.75 Å². The lowest BCUT2D eigenvalue weighted by molar-refractivity contribution is 0.362. The largest absolute Gasteiger partial charge is 0.504 e. The molecule has 15 heavy (non-hydrogen) atoms. The molecule has 5 N–H and O–H groups in total. The summed E-state index contributed by atoms with van der Waals surface area (Å²) in [5.41, 5.74) is 6.32. The van der Waals surface area contributed by atoms with E-state index in [4.69, 9.17) is 10.8 Å². The predicted octanol–water partition coefficient (Wildman–Crippen LogP) is 1.99. The zero-order valence-corrected chi connectivity index (χ0v) is 8.77. The summed E-state index contributed by atoms with van der Waals surface area (Å²) in [5, 5.41) is 28.0. The highest BCUT2D eigenvalue weighted by atomic mass is 16.3. The molecule has 0 unspecified atom stereocenters. The number of aromatic hydroxyl groups is 3. The van der Waals surface area contributed by atoms with Gasteiger partial charge < -0.3 is 21.1 Å². The Morgan fingerprint density at radius 2 is 1.87 bits per heavy atom. The summed E-state index contributed by atoms with van der Waals surface area (Å²) >= 11 is 0. The first-order valence-electron chi connectivity index (χ1n) is 5.07. The number of unbranched alkanes of at least 4 members (excludes halogenated alkanes) is 1. The van der Waals surface area contributed by atoms with Crippen molar-refractivity contribution in [3.05, 3.63) is 17.7 Å². The first-order chi connectivity index (χ1) is 7.07. The van der Waals surface area contributed by atoms with Crippen molar-refractivity contribution >= 4 is 0 Å². The zero-order valence-electron chi connectivity index (χ0n) is 8.77. The van der Waals surface area contributed by atoms with Crippen LogP contribution in [-0.4, -0.2) is 15.3 Å². The highest BCUT2D eigenvalue weighted by Crippen LogP contribution is 2.39. The minimum absolute atomic E-state index is 0.309. The first-order valence-corrected chi connectivity index (χ1v) is 5.07. The van der Waals surface area contributed by atoms with Crippen LogP contribution in [0.3, 0.4) is 0 Å². The van der Waals surface area contributed by atoms with Crippen molar-refractivity contribution in [3.8, 4) is 17.2 Å². The Morgan fingerprint density at radius 3 is 2.47 bits per heavy atom. The molecule has 1 atom stereocenters. The molecule has 0 saturated carbocycles. The Hall–Kier alpha value is -1.42. The first kappa shape index (κ1) is 11.7. The van der Waals surface area contributed by atoms with Crippen molar-refractivity contribution in [1.29, 1.82) is 0 Å². The van der Waals surface area contributed by atoms with Crippen LogP contribution in [0.2, 0.25) is 0 Å². The van der Waals surface area contributed by atoms with E-state index in [0.29, 0.717) is 5.56 Å². The van der Waals surface area contributed by atoms with Gasteiger partial charge in [0.25, 0.3) is 0 Å². The third-order valence-corrected chi connectivity index (χ3v) is 2.43. The van der Waals surface area contributed by atoms with Gasteiger partial charge in [-0.1, -0.05) is 19.8 Å². The summed E-state index contributed by atoms with van der Waals surface area (Å²) in [6.45, 7) is 2.06. The molecule has 0 spiro atoms. The molecule has 0 fully saturated rings. The minimum atomic E-state index is -0.501. The van der Waals surface area contributed by atoms with Crippen LogP contribution >= 0.6 is 0 Å². The van der Waals surface area contributed by atoms with E-state index in [1.165, 1.54) is 12.1 Å². The molecule has 0 bridgehead atoms. The van der Waals surface area contributed by atoms with Gasteiger partial charge in [-0.2, -0.15) is 0 Å². The van der Waals surface area contributed by atoms with E-state index in [9.17, 15) is 10.2 Å². The lowest BCUT2D eigenvalue weighted by Gasteiger charge is -2.14. The maximum Gasteiger partial charge on any atom is 0.200 e. The monoisotopic (exact) mass is 211 g/mol. The molecule has 4 heteroatoms. The van der Waals surface area contributed by atoms with Gasteiger partial charge in [-0.05, 0) is 18.6 Å². The summed E-state index contributed by atoms with van der Waals surface area (Å²) in [6.07, 6.45) is 2.73. The summed E-state index contributed by atoms with van der Waals surface area (Å²) in [4.78, 5) is 0. The van der Waals surface area contributed by atoms with Crippen molar-refractivity contribution in [2.24, 2.45) is 5.73 Å². The molecule has 1 aromatic rings. The molecule has 4 nitrogen and oxygen atoms in total. The quantitative estimate of drug-likeness (QED) is 0.574. The van der Waals surface area contributed by atoms with Gasteiger partial charge in [0, 0.05) is 11.6 Å². The Labute approximate surface area is 89.0 Å². The second kappa shape index (κ2) is 4.89. The van der Waals surface area contributed by atoms with E-state index in [1.54, 1.807) is 0 Å². The van der Waals surface area contributed by atoms with Gasteiger partial charge in [0.05, 0.1) is 0 Å². The van der Waals surface area contributed by atoms with Crippen LogP contribution < -0.4 is 5.73 Å². The van der Waals surface area contributed by atoms with Gasteiger partial charge in [-0.15, -0.1) is 0 Å². The fraction of sp³-hybridized carbons (Fsp3) is 0.455. The van der Waals surface area contributed by atoms with Gasteiger partial charge in [0.15, 0.2) is 11.5 Å². The van der Waals surface area contributed by atoms with Crippen LogP contribution in [0, 0.1) is 0 Å². The second-order valence-corrected chi connectivity index (χ2v) is 3.62. The summed E-state index contributed by atoms with van der Waals surface area (Å²) in [5.74, 6) is -1.16. The lowest BCUT2D eigenvalue weighted by Crippen LogP contribution is -2.10. The Kier molecular flexibility index (Phi) is 3.80. The Bertz CT molecular complexity index is 339. The molecule has 84 valence electrons. The molecule has 0 radical (unpaired) electrons. The smallest absolute Gasteiger partial charge is 0.200 e. The maximum absolute atomic E-state index is 9.56. The fourth-order valence-corrected chi connectivity index (χ4v) is 1.46. The highest BCUT2D eigenvalue weighted by Gasteiger charge is 2.15. The fourth-order valence-electron chi connectivity index (χ4n) is 1.46. The van der Waals surface area contributed by atoms with Crippen LogP contribution in [0.5, 0.6) is 17.2 Å². The average molecular weight is 211 g/mol. The Morgan fingerprint density at radius 1 is 1.20 bits per heavy atom. The van der Waals surface area contributed by atoms with Gasteiger partial charge in [-0.3, -0.25) is 0 Å². The average Bonchev–Trinajstić information content (AvgIpc) is 2.23. The molecule has 0 heterocycles. The summed E-state index contributed by atoms with van der Waals surface area (Å²) in [7, 11) is 0. The van der Waals surface area contributed by atoms with Crippen LogP contribution in [0.25, 0.3) is 0 Å². The standard InChI is InChI=1S/C11H17NO3/c1-2-3-4-8(12)7-5-6-9(13)11(15)10(7)14/h5-6,8,13-15H,2-4,12H2,1H3/t8-/m0/s1. The molecular formula is C11H17NO3. The lowest BCUT2D eigenvalue weighted by atomic mass is 10.0. The van der Waals surface area contributed by atoms with Crippen molar-refractivity contribution in [2.75, 3.05) is 0 Å². The number of phenols is 3. The highest BCUT2D eigenvalue weighted by molar-refractivity contribution is 5.53. The van der Waals surface area contributed by atoms with E-state index >= 15 is 0 Å². The van der Waals surface area contributed by atoms with E-state index in [1.807, 2.05) is 0 Å². The van der Waals surface area contributed by atoms with Crippen molar-refractivity contribution < 1.29 is 15.3 Å². The van der Waals surface area contributed by atoms with Crippen LogP contribution in [-0.2, 0) is 0 Å². The summed E-state index contributed by atoms with van der Waals surface area (Å²) < 4.78 is 0. The molecule has 0 aromatic heterocycles. The molecule has 0 saturated heterocycles. The topological polar surface area (TPSA) is 86.7 Å². The maximum atomic E-state index is 9.56. The number of hydrogen-bond donors (Lipinski definition) is 4. The molecule has 0 aliphatic heterocycles. The van der Waals surface area contributed by atoms with E-state index in [-0.39, 0.29) is 17.5 Å². The molecule has 1 rings (SSSR count). The van der Waals surface area contributed by atoms with Gasteiger partial charge in [0.1, 0.15) is 0 Å². The van der Waals surface area contributed by atoms with Crippen LogP contribution in [0.1, 0.15) is 37.8 Å². The zero-order chi connectivity index (χ0) is 11.4. The van der Waals surface area contributed by atoms with Crippen molar-refractivity contribution in [3.63, 3.8) is 0 Å². The predicted molar refractivity (Wildman–Crippen MR) is 57.9 cm³/mol. The number of rotatable bonds is 4. The normalized spacial score (nSPS) is 12.7. The van der Waals surface area contributed by atoms with Crippen LogP contribution in [0.15, 0.2) is 12.1 Å². The third-order valence-electron chi connectivity index (χ3n) is 2.43. The Balaban J connectivity index is 2.90. The SMILES string of the molecule is CCCC[C@H](N)c1ccc(O)c(O)c1O. The number of phenolic OH excluding ortho intramolecular Hbond substituents is 3. The number of hydrogen-bond acceptors (Lipinski definition) is 4. The second-order valence-electron chi connectivity index (χ2n) is 3.62. The van der Waals surface area contributed by atoms with Gasteiger partial charge in [0.2, 0.25) is 5.75 Å². The third kappa shape index (κ3) is 2.53. The number of benzene rings is 1. The molecule has 1 aromatic carbocycles. The molecule has 0 aliphatic carbocycles. The van der Waals surface area contributed by atoms with E-state index in [2.05, 4.69) is 6.92 Å². The van der Waals surface area contributed by atoms with Gasteiger partial charge in [-0.25, -0.2) is 0 Å². The molecular weight excluding hydrogens is 194 g/mol. The van der Waals surface area contributed by atoms with Gasteiger partial charge >= 0.3 is 0 Å². The van der Waals surface area contributed by atoms with E-state index in [0.717, 1.165) is 19.3 Å². The molecule has 0 amide bonds. The van der Waals surface area contributed by atoms with Crippen LogP contribution in [0.4, 0.5) is 0 Å². The summed E-state index contributed by atoms with van der Waals surface area (Å²) in [6, 6.07) is 2.55. The minimum Gasteiger partial charge on any atom is -0.504 e. The molecule has 0 aliphatic rings.